The van der Waals surface area contributed by atoms with E-state index in [4.69, 9.17) is 4.74 Å². The molecule has 0 fully saturated rings. The van der Waals surface area contributed by atoms with Crippen molar-refractivity contribution in [3.05, 3.63) is 54.1 Å². The van der Waals surface area contributed by atoms with Crippen LogP contribution in [-0.4, -0.2) is 12.9 Å². The van der Waals surface area contributed by atoms with Gasteiger partial charge in [-0.15, -0.1) is 0 Å². The van der Waals surface area contributed by atoms with Gasteiger partial charge >= 0.3 is 0 Å². The van der Waals surface area contributed by atoms with E-state index in [-0.39, 0.29) is 0 Å². The minimum atomic E-state index is 0.651. The highest BCUT2D eigenvalue weighted by atomic mass is 16.5. The Morgan fingerprint density at radius 3 is 2.47 bits per heavy atom. The Morgan fingerprint density at radius 2 is 1.76 bits per heavy atom. The SMILES string of the molecule is CCOc1cccc(-c2cccc(C=O)c2)c1. The molecule has 0 N–H and O–H groups in total. The summed E-state index contributed by atoms with van der Waals surface area (Å²) >= 11 is 0. The summed E-state index contributed by atoms with van der Waals surface area (Å²) < 4.78 is 5.46. The van der Waals surface area contributed by atoms with E-state index in [1.165, 1.54) is 0 Å². The van der Waals surface area contributed by atoms with Gasteiger partial charge in [0.25, 0.3) is 0 Å². The van der Waals surface area contributed by atoms with Crippen molar-refractivity contribution in [2.75, 3.05) is 6.61 Å². The number of ether oxygens (including phenoxy) is 1. The minimum absolute atomic E-state index is 0.651. The summed E-state index contributed by atoms with van der Waals surface area (Å²) in [6, 6.07) is 15.4. The number of hydrogen-bond donors (Lipinski definition) is 0. The zero-order chi connectivity index (χ0) is 12.1. The van der Waals surface area contributed by atoms with Gasteiger partial charge in [0.2, 0.25) is 0 Å². The third-order valence-corrected chi connectivity index (χ3v) is 2.50. The first-order valence-electron chi connectivity index (χ1n) is 5.62. The van der Waals surface area contributed by atoms with E-state index in [0.29, 0.717) is 12.2 Å². The van der Waals surface area contributed by atoms with Gasteiger partial charge in [-0.25, -0.2) is 0 Å². The fourth-order valence-corrected chi connectivity index (χ4v) is 1.72. The molecule has 86 valence electrons. The first-order chi connectivity index (χ1) is 8.33. The van der Waals surface area contributed by atoms with E-state index in [0.717, 1.165) is 23.2 Å². The summed E-state index contributed by atoms with van der Waals surface area (Å²) in [4.78, 5) is 10.7. The molecule has 2 aromatic rings. The molecule has 0 aliphatic carbocycles. The minimum Gasteiger partial charge on any atom is -0.494 e. The van der Waals surface area contributed by atoms with E-state index in [2.05, 4.69) is 0 Å². The van der Waals surface area contributed by atoms with Gasteiger partial charge in [-0.2, -0.15) is 0 Å². The van der Waals surface area contributed by atoms with Crippen molar-refractivity contribution in [1.82, 2.24) is 0 Å². The maximum atomic E-state index is 10.7. The second-order valence-corrected chi connectivity index (χ2v) is 3.70. The quantitative estimate of drug-likeness (QED) is 0.745. The topological polar surface area (TPSA) is 26.3 Å². The van der Waals surface area contributed by atoms with E-state index in [1.54, 1.807) is 6.07 Å². The lowest BCUT2D eigenvalue weighted by atomic mass is 10.0. The molecule has 0 aliphatic heterocycles. The number of rotatable bonds is 4. The van der Waals surface area contributed by atoms with E-state index >= 15 is 0 Å². The first kappa shape index (κ1) is 11.4. The summed E-state index contributed by atoms with van der Waals surface area (Å²) in [6.07, 6.45) is 0.857. The van der Waals surface area contributed by atoms with Gasteiger partial charge in [0.15, 0.2) is 0 Å². The van der Waals surface area contributed by atoms with Crippen LogP contribution in [0.3, 0.4) is 0 Å². The number of benzene rings is 2. The van der Waals surface area contributed by atoms with E-state index in [9.17, 15) is 4.79 Å². The summed E-state index contributed by atoms with van der Waals surface area (Å²) in [5, 5.41) is 0. The second-order valence-electron chi connectivity index (χ2n) is 3.70. The van der Waals surface area contributed by atoms with Gasteiger partial charge in [0, 0.05) is 5.56 Å². The van der Waals surface area contributed by atoms with Crippen molar-refractivity contribution in [1.29, 1.82) is 0 Å². The molecule has 0 unspecified atom stereocenters. The zero-order valence-corrected chi connectivity index (χ0v) is 9.72. The number of carbonyl (C=O) groups is 1. The standard InChI is InChI=1S/C15H14O2/c1-2-17-15-8-4-7-14(10-15)13-6-3-5-12(9-13)11-16/h3-11H,2H2,1H3. The molecule has 2 rings (SSSR count). The van der Waals surface area contributed by atoms with Gasteiger partial charge in [0.05, 0.1) is 6.61 Å². The molecule has 17 heavy (non-hydrogen) atoms. The fraction of sp³-hybridized carbons (Fsp3) is 0.133. The molecular weight excluding hydrogens is 212 g/mol. The maximum Gasteiger partial charge on any atom is 0.150 e. The Kier molecular flexibility index (Phi) is 3.55. The highest BCUT2D eigenvalue weighted by Gasteiger charge is 2.00. The molecule has 2 nitrogen and oxygen atoms in total. The molecule has 0 heterocycles. The summed E-state index contributed by atoms with van der Waals surface area (Å²) in [7, 11) is 0. The van der Waals surface area contributed by atoms with Gasteiger partial charge in [0.1, 0.15) is 12.0 Å². The van der Waals surface area contributed by atoms with Crippen LogP contribution in [0.4, 0.5) is 0 Å². The van der Waals surface area contributed by atoms with Crippen LogP contribution in [0.2, 0.25) is 0 Å². The van der Waals surface area contributed by atoms with Crippen LogP contribution in [0.15, 0.2) is 48.5 Å². The normalized spacial score (nSPS) is 9.94. The van der Waals surface area contributed by atoms with Crippen LogP contribution >= 0.6 is 0 Å². The van der Waals surface area contributed by atoms with Gasteiger partial charge in [-0.3, -0.25) is 4.79 Å². The predicted molar refractivity (Wildman–Crippen MR) is 68.4 cm³/mol. The Labute approximate surface area is 101 Å². The monoisotopic (exact) mass is 226 g/mol. The molecule has 0 radical (unpaired) electrons. The average Bonchev–Trinajstić information content (AvgIpc) is 2.40. The lowest BCUT2D eigenvalue weighted by molar-refractivity contribution is 0.112. The maximum absolute atomic E-state index is 10.7. The van der Waals surface area contributed by atoms with Crippen LogP contribution in [0.5, 0.6) is 5.75 Å². The molecule has 0 bridgehead atoms. The molecule has 0 aliphatic rings. The van der Waals surface area contributed by atoms with Gasteiger partial charge in [-0.05, 0) is 36.2 Å². The predicted octanol–water partition coefficient (Wildman–Crippen LogP) is 3.56. The molecule has 0 saturated carbocycles. The fourth-order valence-electron chi connectivity index (χ4n) is 1.72. The number of aldehydes is 1. The lowest BCUT2D eigenvalue weighted by Gasteiger charge is -2.06. The molecule has 2 heteroatoms. The average molecular weight is 226 g/mol. The van der Waals surface area contributed by atoms with Crippen LogP contribution in [-0.2, 0) is 0 Å². The molecule has 0 amide bonds. The third-order valence-electron chi connectivity index (χ3n) is 2.50. The zero-order valence-electron chi connectivity index (χ0n) is 9.72. The Morgan fingerprint density at radius 1 is 1.06 bits per heavy atom. The molecule has 0 aromatic heterocycles. The van der Waals surface area contributed by atoms with Crippen LogP contribution in [0, 0.1) is 0 Å². The van der Waals surface area contributed by atoms with Crippen molar-refractivity contribution < 1.29 is 9.53 Å². The molecule has 2 aromatic carbocycles. The Bertz CT molecular complexity index is 518. The second kappa shape index (κ2) is 5.30. The summed E-state index contributed by atoms with van der Waals surface area (Å²) in [5.74, 6) is 0.849. The highest BCUT2D eigenvalue weighted by molar-refractivity contribution is 5.79. The van der Waals surface area contributed by atoms with E-state index in [1.807, 2.05) is 49.4 Å². The van der Waals surface area contributed by atoms with E-state index < -0.39 is 0 Å². The Hall–Kier alpha value is -2.09. The molecule has 0 atom stereocenters. The largest absolute Gasteiger partial charge is 0.494 e. The number of carbonyl (C=O) groups excluding carboxylic acids is 1. The van der Waals surface area contributed by atoms with Crippen LogP contribution in [0.1, 0.15) is 17.3 Å². The summed E-state index contributed by atoms with van der Waals surface area (Å²) in [6.45, 7) is 2.61. The highest BCUT2D eigenvalue weighted by Crippen LogP contribution is 2.24. The van der Waals surface area contributed by atoms with Gasteiger partial charge in [-0.1, -0.05) is 30.3 Å². The van der Waals surface area contributed by atoms with Crippen molar-refractivity contribution in [3.8, 4) is 16.9 Å². The third kappa shape index (κ3) is 2.72. The van der Waals surface area contributed by atoms with Crippen molar-refractivity contribution in [2.45, 2.75) is 6.92 Å². The first-order valence-corrected chi connectivity index (χ1v) is 5.62. The smallest absolute Gasteiger partial charge is 0.150 e. The van der Waals surface area contributed by atoms with Crippen molar-refractivity contribution in [2.24, 2.45) is 0 Å². The number of hydrogen-bond acceptors (Lipinski definition) is 2. The van der Waals surface area contributed by atoms with Crippen molar-refractivity contribution >= 4 is 6.29 Å². The molecule has 0 spiro atoms. The molecule has 0 saturated heterocycles. The van der Waals surface area contributed by atoms with Crippen LogP contribution in [0.25, 0.3) is 11.1 Å². The van der Waals surface area contributed by atoms with Crippen molar-refractivity contribution in [3.63, 3.8) is 0 Å². The lowest BCUT2D eigenvalue weighted by Crippen LogP contribution is -1.91. The molecular formula is C15H14O2. The Balaban J connectivity index is 2.37. The van der Waals surface area contributed by atoms with Gasteiger partial charge < -0.3 is 4.74 Å². The summed E-state index contributed by atoms with van der Waals surface area (Å²) in [5.41, 5.74) is 2.76. The van der Waals surface area contributed by atoms with Crippen LogP contribution < -0.4 is 4.74 Å².